The van der Waals surface area contributed by atoms with Crippen LogP contribution in [0.2, 0.25) is 0 Å². The van der Waals surface area contributed by atoms with Crippen molar-refractivity contribution in [1.29, 1.82) is 0 Å². The molecular formula is C26H34O4S. The zero-order valence-electron chi connectivity index (χ0n) is 19.4. The van der Waals surface area contributed by atoms with Gasteiger partial charge in [-0.1, -0.05) is 39.8 Å². The van der Waals surface area contributed by atoms with Crippen LogP contribution in [0.4, 0.5) is 0 Å². The van der Waals surface area contributed by atoms with Crippen molar-refractivity contribution in [2.45, 2.75) is 52.9 Å². The predicted octanol–water partition coefficient (Wildman–Crippen LogP) is 7.12. The van der Waals surface area contributed by atoms with Gasteiger partial charge in [0.15, 0.2) is 0 Å². The van der Waals surface area contributed by atoms with Crippen LogP contribution in [0.1, 0.15) is 68.9 Å². The standard InChI is InChI=1S/C26H34O4S/c1-17(2)20-15-22(18(3)4)26(30-12-7-11-29-6)23(16-20)21-10-13-31-24(21)9-8-19(5)14-25(27)28/h8-10,13-18H,7,11-12H2,1-6H3,(H,27,28). The summed E-state index contributed by atoms with van der Waals surface area (Å²) in [5.74, 6) is 0.721. The average Bonchev–Trinajstić information content (AvgIpc) is 3.17. The lowest BCUT2D eigenvalue weighted by molar-refractivity contribution is -0.131. The normalized spacial score (nSPS) is 12.3. The van der Waals surface area contributed by atoms with Gasteiger partial charge in [0.1, 0.15) is 5.75 Å². The van der Waals surface area contributed by atoms with Gasteiger partial charge >= 0.3 is 5.97 Å². The van der Waals surface area contributed by atoms with Crippen molar-refractivity contribution in [1.82, 2.24) is 0 Å². The van der Waals surface area contributed by atoms with E-state index >= 15 is 0 Å². The summed E-state index contributed by atoms with van der Waals surface area (Å²) in [6, 6.07) is 6.62. The number of hydrogen-bond acceptors (Lipinski definition) is 4. The van der Waals surface area contributed by atoms with E-state index in [1.165, 1.54) is 17.2 Å². The van der Waals surface area contributed by atoms with E-state index in [0.29, 0.717) is 30.6 Å². The molecule has 0 amide bonds. The van der Waals surface area contributed by atoms with Crippen molar-refractivity contribution in [3.05, 3.63) is 57.3 Å². The lowest BCUT2D eigenvalue weighted by Crippen LogP contribution is -2.07. The van der Waals surface area contributed by atoms with E-state index < -0.39 is 5.97 Å². The molecule has 1 heterocycles. The number of methoxy groups -OCH3 is 1. The van der Waals surface area contributed by atoms with Gasteiger partial charge in [-0.2, -0.15) is 0 Å². The maximum atomic E-state index is 10.9. The van der Waals surface area contributed by atoms with Gasteiger partial charge in [0.05, 0.1) is 6.61 Å². The molecule has 0 fully saturated rings. The molecule has 0 spiro atoms. The summed E-state index contributed by atoms with van der Waals surface area (Å²) in [6.07, 6.45) is 5.87. The molecule has 4 nitrogen and oxygen atoms in total. The molecule has 0 aliphatic rings. The highest BCUT2D eigenvalue weighted by Crippen LogP contribution is 2.42. The monoisotopic (exact) mass is 442 g/mol. The molecule has 1 aromatic heterocycles. The van der Waals surface area contributed by atoms with E-state index in [9.17, 15) is 4.79 Å². The predicted molar refractivity (Wildman–Crippen MR) is 130 cm³/mol. The van der Waals surface area contributed by atoms with E-state index in [0.717, 1.165) is 28.2 Å². The van der Waals surface area contributed by atoms with Crippen LogP contribution >= 0.6 is 11.3 Å². The van der Waals surface area contributed by atoms with Crippen molar-refractivity contribution in [2.75, 3.05) is 20.3 Å². The quantitative estimate of drug-likeness (QED) is 0.229. The largest absolute Gasteiger partial charge is 0.493 e. The Kier molecular flexibility index (Phi) is 9.53. The highest BCUT2D eigenvalue weighted by atomic mass is 32.1. The first kappa shape index (κ1) is 24.9. The number of hydrogen-bond donors (Lipinski definition) is 1. The molecular weight excluding hydrogens is 408 g/mol. The number of thiophene rings is 1. The first-order valence-electron chi connectivity index (χ1n) is 10.7. The van der Waals surface area contributed by atoms with E-state index in [4.69, 9.17) is 14.6 Å². The fourth-order valence-corrected chi connectivity index (χ4v) is 4.10. The molecule has 2 aromatic rings. The van der Waals surface area contributed by atoms with Crippen molar-refractivity contribution in [2.24, 2.45) is 0 Å². The van der Waals surface area contributed by atoms with E-state index in [1.54, 1.807) is 25.4 Å². The third-order valence-corrected chi connectivity index (χ3v) is 5.88. The Balaban J connectivity index is 2.57. The first-order valence-corrected chi connectivity index (χ1v) is 11.6. The topological polar surface area (TPSA) is 55.8 Å². The van der Waals surface area contributed by atoms with Gasteiger partial charge in [-0.15, -0.1) is 11.3 Å². The third-order valence-electron chi connectivity index (χ3n) is 5.00. The number of allylic oxidation sites excluding steroid dienone is 2. The van der Waals surface area contributed by atoms with Crippen LogP contribution in [0.25, 0.3) is 17.2 Å². The SMILES string of the molecule is COCCCOc1c(-c2ccsc2C=CC(C)=CC(=O)O)cc(C(C)C)cc1C(C)C. The Morgan fingerprint density at radius 2 is 1.87 bits per heavy atom. The number of carboxylic acids is 1. The lowest BCUT2D eigenvalue weighted by Gasteiger charge is -2.21. The van der Waals surface area contributed by atoms with Gasteiger partial charge in [-0.3, -0.25) is 0 Å². The summed E-state index contributed by atoms with van der Waals surface area (Å²) in [5.41, 5.74) is 5.39. The van der Waals surface area contributed by atoms with E-state index in [2.05, 4.69) is 51.3 Å². The number of carboxylic acid groups (broad SMARTS) is 1. The van der Waals surface area contributed by atoms with Gasteiger partial charge in [-0.05, 0) is 59.0 Å². The number of benzene rings is 1. The van der Waals surface area contributed by atoms with Gasteiger partial charge < -0.3 is 14.6 Å². The van der Waals surface area contributed by atoms with Crippen LogP contribution in [0.15, 0.2) is 41.3 Å². The molecule has 0 radical (unpaired) electrons. The number of rotatable bonds is 11. The molecule has 0 saturated heterocycles. The van der Waals surface area contributed by atoms with Gasteiger partial charge in [0.25, 0.3) is 0 Å². The minimum absolute atomic E-state index is 0.327. The molecule has 31 heavy (non-hydrogen) atoms. The van der Waals surface area contributed by atoms with E-state index in [-0.39, 0.29) is 0 Å². The Labute approximate surface area is 190 Å². The molecule has 5 heteroatoms. The second-order valence-corrected chi connectivity index (χ2v) is 9.20. The molecule has 1 N–H and O–H groups in total. The number of ether oxygens (including phenoxy) is 2. The summed E-state index contributed by atoms with van der Waals surface area (Å²) in [6.45, 7) is 11.8. The van der Waals surface area contributed by atoms with E-state index in [1.807, 2.05) is 12.2 Å². The molecule has 1 aromatic carbocycles. The van der Waals surface area contributed by atoms with Crippen LogP contribution in [-0.4, -0.2) is 31.4 Å². The van der Waals surface area contributed by atoms with Gasteiger partial charge in [0, 0.05) is 42.2 Å². The first-order chi connectivity index (χ1) is 14.7. The van der Waals surface area contributed by atoms with Gasteiger partial charge in [-0.25, -0.2) is 4.79 Å². The van der Waals surface area contributed by atoms with Crippen LogP contribution < -0.4 is 4.74 Å². The second-order valence-electron chi connectivity index (χ2n) is 8.25. The molecule has 168 valence electrons. The Bertz CT molecular complexity index is 935. The van der Waals surface area contributed by atoms with Crippen LogP contribution in [-0.2, 0) is 9.53 Å². The highest BCUT2D eigenvalue weighted by Gasteiger charge is 2.19. The maximum Gasteiger partial charge on any atom is 0.328 e. The Morgan fingerprint density at radius 1 is 1.13 bits per heavy atom. The number of aliphatic carboxylic acids is 1. The van der Waals surface area contributed by atoms with Crippen LogP contribution in [0.3, 0.4) is 0 Å². The molecule has 2 rings (SSSR count). The maximum absolute atomic E-state index is 10.9. The molecule has 0 saturated carbocycles. The second kappa shape index (κ2) is 11.9. The molecule has 0 aliphatic carbocycles. The summed E-state index contributed by atoms with van der Waals surface area (Å²) in [4.78, 5) is 12.0. The van der Waals surface area contributed by atoms with Crippen molar-refractivity contribution >= 4 is 23.4 Å². The van der Waals surface area contributed by atoms with Crippen molar-refractivity contribution < 1.29 is 19.4 Å². The average molecular weight is 443 g/mol. The number of carbonyl (C=O) groups is 1. The Morgan fingerprint density at radius 3 is 2.48 bits per heavy atom. The smallest absolute Gasteiger partial charge is 0.328 e. The molecule has 0 bridgehead atoms. The zero-order valence-corrected chi connectivity index (χ0v) is 20.2. The molecule has 0 atom stereocenters. The minimum atomic E-state index is -0.938. The summed E-state index contributed by atoms with van der Waals surface area (Å²) in [7, 11) is 1.70. The van der Waals surface area contributed by atoms with Gasteiger partial charge in [0.2, 0.25) is 0 Å². The highest BCUT2D eigenvalue weighted by molar-refractivity contribution is 7.11. The molecule has 0 aliphatic heterocycles. The van der Waals surface area contributed by atoms with Crippen LogP contribution in [0.5, 0.6) is 5.75 Å². The summed E-state index contributed by atoms with van der Waals surface area (Å²) in [5, 5.41) is 11.0. The fourth-order valence-electron chi connectivity index (χ4n) is 3.30. The van der Waals surface area contributed by atoms with Crippen LogP contribution in [0, 0.1) is 0 Å². The minimum Gasteiger partial charge on any atom is -0.493 e. The fraction of sp³-hybridized carbons (Fsp3) is 0.423. The summed E-state index contributed by atoms with van der Waals surface area (Å²) < 4.78 is 11.5. The van der Waals surface area contributed by atoms with Crippen molar-refractivity contribution in [3.63, 3.8) is 0 Å². The summed E-state index contributed by atoms with van der Waals surface area (Å²) >= 11 is 1.64. The van der Waals surface area contributed by atoms with Crippen molar-refractivity contribution in [3.8, 4) is 16.9 Å². The molecule has 0 unspecified atom stereocenters. The lowest BCUT2D eigenvalue weighted by atomic mass is 9.89. The zero-order chi connectivity index (χ0) is 23.0. The Hall–Kier alpha value is -2.37. The third kappa shape index (κ3) is 7.08.